The minimum Gasteiger partial charge on any atom is -0.311 e. The summed E-state index contributed by atoms with van der Waals surface area (Å²) in [5.74, 6) is -0.154. The molecule has 1 N–H and O–H groups in total. The van der Waals surface area contributed by atoms with Gasteiger partial charge in [0, 0.05) is 28.6 Å². The van der Waals surface area contributed by atoms with E-state index in [9.17, 15) is 9.59 Å². The average Bonchev–Trinajstić information content (AvgIpc) is 3.33. The maximum absolute atomic E-state index is 12.7. The summed E-state index contributed by atoms with van der Waals surface area (Å²) in [6, 6.07) is 13.0. The Balaban J connectivity index is 1.53. The second-order valence-electron chi connectivity index (χ2n) is 8.27. The van der Waals surface area contributed by atoms with Crippen molar-refractivity contribution in [1.29, 1.82) is 0 Å². The first-order valence-electron chi connectivity index (χ1n) is 9.71. The molecule has 0 radical (unpaired) electrons. The van der Waals surface area contributed by atoms with Crippen molar-refractivity contribution in [2.24, 2.45) is 5.41 Å². The highest BCUT2D eigenvalue weighted by Gasteiger charge is 2.32. The summed E-state index contributed by atoms with van der Waals surface area (Å²) in [6.07, 6.45) is 0.825. The Kier molecular flexibility index (Phi) is 5.38. The Morgan fingerprint density at radius 3 is 2.67 bits per heavy atom. The minimum atomic E-state index is -0.413. The molecule has 3 aromatic rings. The molecule has 2 heterocycles. The van der Waals surface area contributed by atoms with Gasteiger partial charge in [-0.1, -0.05) is 50.6 Å². The van der Waals surface area contributed by atoms with Gasteiger partial charge in [0.25, 0.3) is 5.91 Å². The SMILES string of the molecule is CC(C)(C)C(=O)N1CCc2cc(-c3csc(NC(=O)c4ccccc4Cl)n3)ccc21. The molecule has 7 heteroatoms. The van der Waals surface area contributed by atoms with Crippen LogP contribution >= 0.6 is 22.9 Å². The van der Waals surface area contributed by atoms with Crippen molar-refractivity contribution in [2.45, 2.75) is 27.2 Å². The molecule has 0 bridgehead atoms. The van der Waals surface area contributed by atoms with E-state index in [-0.39, 0.29) is 11.8 Å². The van der Waals surface area contributed by atoms with E-state index in [0.717, 1.165) is 28.9 Å². The van der Waals surface area contributed by atoms with Gasteiger partial charge in [0.05, 0.1) is 16.3 Å². The van der Waals surface area contributed by atoms with E-state index in [1.54, 1.807) is 24.3 Å². The van der Waals surface area contributed by atoms with Crippen LogP contribution in [0.4, 0.5) is 10.8 Å². The molecule has 0 fully saturated rings. The van der Waals surface area contributed by atoms with Crippen LogP contribution < -0.4 is 10.2 Å². The zero-order valence-electron chi connectivity index (χ0n) is 17.0. The number of halogens is 1. The molecule has 0 spiro atoms. The molecule has 1 aliphatic heterocycles. The lowest BCUT2D eigenvalue weighted by atomic mass is 9.94. The molecule has 2 amide bonds. The number of nitrogens with zero attached hydrogens (tertiary/aromatic N) is 2. The smallest absolute Gasteiger partial charge is 0.258 e. The fourth-order valence-corrected chi connectivity index (χ4v) is 4.39. The Labute approximate surface area is 184 Å². The molecule has 5 nitrogen and oxygen atoms in total. The van der Waals surface area contributed by atoms with E-state index < -0.39 is 5.41 Å². The zero-order valence-corrected chi connectivity index (χ0v) is 18.6. The summed E-state index contributed by atoms with van der Waals surface area (Å²) < 4.78 is 0. The lowest BCUT2D eigenvalue weighted by Crippen LogP contribution is -2.38. The van der Waals surface area contributed by atoms with Crippen molar-refractivity contribution >= 4 is 45.6 Å². The van der Waals surface area contributed by atoms with Gasteiger partial charge in [-0.05, 0) is 36.2 Å². The standard InChI is InChI=1S/C23H22ClN3O2S/c1-23(2,3)21(29)27-11-10-15-12-14(8-9-19(15)27)18-13-30-22(25-18)26-20(28)16-6-4-5-7-17(16)24/h4-9,12-13H,10-11H2,1-3H3,(H,25,26,28). The molecule has 0 aliphatic carbocycles. The summed E-state index contributed by atoms with van der Waals surface area (Å²) in [5, 5.41) is 5.64. The van der Waals surface area contributed by atoms with E-state index in [1.165, 1.54) is 11.3 Å². The Morgan fingerprint density at radius 2 is 1.93 bits per heavy atom. The highest BCUT2D eigenvalue weighted by Crippen LogP contribution is 2.35. The highest BCUT2D eigenvalue weighted by molar-refractivity contribution is 7.14. The predicted molar refractivity (Wildman–Crippen MR) is 122 cm³/mol. The highest BCUT2D eigenvalue weighted by atomic mass is 35.5. The third-order valence-corrected chi connectivity index (χ3v) is 6.09. The molecular formula is C23H22ClN3O2S. The number of aromatic nitrogens is 1. The van der Waals surface area contributed by atoms with Crippen LogP contribution in [0.25, 0.3) is 11.3 Å². The maximum atomic E-state index is 12.7. The van der Waals surface area contributed by atoms with E-state index in [1.807, 2.05) is 43.2 Å². The summed E-state index contributed by atoms with van der Waals surface area (Å²) >= 11 is 7.46. The molecule has 0 saturated heterocycles. The number of carbonyl (C=O) groups excluding carboxylic acids is 2. The Bertz CT molecular complexity index is 1130. The fraction of sp³-hybridized carbons (Fsp3) is 0.261. The molecule has 0 atom stereocenters. The predicted octanol–water partition coefficient (Wildman–Crippen LogP) is 5.65. The largest absolute Gasteiger partial charge is 0.311 e. The van der Waals surface area contributed by atoms with Crippen molar-refractivity contribution in [1.82, 2.24) is 4.98 Å². The third kappa shape index (κ3) is 3.98. The van der Waals surface area contributed by atoms with Crippen LogP contribution in [0.3, 0.4) is 0 Å². The van der Waals surface area contributed by atoms with Crippen molar-refractivity contribution in [3.8, 4) is 11.3 Å². The topological polar surface area (TPSA) is 62.3 Å². The second-order valence-corrected chi connectivity index (χ2v) is 9.54. The number of amides is 2. The van der Waals surface area contributed by atoms with Crippen LogP contribution in [0.1, 0.15) is 36.7 Å². The van der Waals surface area contributed by atoms with Gasteiger partial charge in [-0.15, -0.1) is 11.3 Å². The van der Waals surface area contributed by atoms with Crippen molar-refractivity contribution in [2.75, 3.05) is 16.8 Å². The van der Waals surface area contributed by atoms with Crippen LogP contribution in [0, 0.1) is 5.41 Å². The van der Waals surface area contributed by atoms with Gasteiger partial charge in [0.1, 0.15) is 0 Å². The number of hydrogen-bond acceptors (Lipinski definition) is 4. The molecule has 30 heavy (non-hydrogen) atoms. The average molecular weight is 440 g/mol. The fourth-order valence-electron chi connectivity index (χ4n) is 3.45. The van der Waals surface area contributed by atoms with Gasteiger partial charge >= 0.3 is 0 Å². The van der Waals surface area contributed by atoms with Gasteiger partial charge < -0.3 is 4.90 Å². The molecule has 154 valence electrons. The summed E-state index contributed by atoms with van der Waals surface area (Å²) in [5.41, 5.74) is 3.87. The van der Waals surface area contributed by atoms with Crippen LogP contribution in [0.15, 0.2) is 47.8 Å². The first-order chi connectivity index (χ1) is 14.2. The van der Waals surface area contributed by atoms with Gasteiger partial charge in [-0.3, -0.25) is 14.9 Å². The third-order valence-electron chi connectivity index (χ3n) is 5.00. The Hall–Kier alpha value is -2.70. The molecule has 1 aliphatic rings. The second kappa shape index (κ2) is 7.85. The number of anilines is 2. The first kappa shape index (κ1) is 20.6. The maximum Gasteiger partial charge on any atom is 0.258 e. The quantitative estimate of drug-likeness (QED) is 0.573. The monoisotopic (exact) mass is 439 g/mol. The number of benzene rings is 2. The van der Waals surface area contributed by atoms with Crippen LogP contribution in [0.2, 0.25) is 5.02 Å². The molecule has 0 saturated carbocycles. The van der Waals surface area contributed by atoms with E-state index in [2.05, 4.69) is 16.4 Å². The van der Waals surface area contributed by atoms with Crippen LogP contribution in [-0.2, 0) is 11.2 Å². The van der Waals surface area contributed by atoms with Gasteiger partial charge in [-0.25, -0.2) is 4.98 Å². The molecule has 1 aromatic heterocycles. The zero-order chi connectivity index (χ0) is 21.5. The lowest BCUT2D eigenvalue weighted by Gasteiger charge is -2.26. The van der Waals surface area contributed by atoms with Crippen LogP contribution in [-0.4, -0.2) is 23.3 Å². The first-order valence-corrected chi connectivity index (χ1v) is 11.0. The summed E-state index contributed by atoms with van der Waals surface area (Å²) in [6.45, 7) is 6.52. The molecule has 0 unspecified atom stereocenters. The van der Waals surface area contributed by atoms with Crippen LogP contribution in [0.5, 0.6) is 0 Å². The molecule has 4 rings (SSSR count). The number of fused-ring (bicyclic) bond motifs is 1. The number of rotatable bonds is 3. The number of hydrogen-bond donors (Lipinski definition) is 1. The van der Waals surface area contributed by atoms with Crippen molar-refractivity contribution < 1.29 is 9.59 Å². The van der Waals surface area contributed by atoms with Gasteiger partial charge in [0.15, 0.2) is 5.13 Å². The lowest BCUT2D eigenvalue weighted by molar-refractivity contribution is -0.125. The number of nitrogens with one attached hydrogen (secondary N) is 1. The van der Waals surface area contributed by atoms with Gasteiger partial charge in [0.2, 0.25) is 5.91 Å². The minimum absolute atomic E-state index is 0.132. The summed E-state index contributed by atoms with van der Waals surface area (Å²) in [4.78, 5) is 31.6. The van der Waals surface area contributed by atoms with Crippen molar-refractivity contribution in [3.63, 3.8) is 0 Å². The van der Waals surface area contributed by atoms with E-state index in [0.29, 0.717) is 22.3 Å². The number of thiazole rings is 1. The molecular weight excluding hydrogens is 418 g/mol. The normalized spacial score (nSPS) is 13.3. The molecule has 2 aromatic carbocycles. The van der Waals surface area contributed by atoms with Gasteiger partial charge in [-0.2, -0.15) is 0 Å². The summed E-state index contributed by atoms with van der Waals surface area (Å²) in [7, 11) is 0. The number of carbonyl (C=O) groups is 2. The van der Waals surface area contributed by atoms with Crippen molar-refractivity contribution in [3.05, 3.63) is 64.0 Å². The Morgan fingerprint density at radius 1 is 1.17 bits per heavy atom. The van der Waals surface area contributed by atoms with E-state index in [4.69, 9.17) is 11.6 Å². The van der Waals surface area contributed by atoms with E-state index >= 15 is 0 Å².